The van der Waals surface area contributed by atoms with E-state index in [1.807, 2.05) is 37.3 Å². The number of aryl methyl sites for hydroxylation is 2. The third kappa shape index (κ3) is 2.70. The molecule has 1 aromatic carbocycles. The number of hydrogen-bond donors (Lipinski definition) is 0. The number of carbonyl (C=O) groups excluding carboxylic acids is 1. The number of furan rings is 1. The molecule has 2 aromatic rings. The maximum atomic E-state index is 12.2. The van der Waals surface area contributed by atoms with Gasteiger partial charge in [-0.3, -0.25) is 4.79 Å². The van der Waals surface area contributed by atoms with Crippen molar-refractivity contribution in [2.45, 2.75) is 33.1 Å². The summed E-state index contributed by atoms with van der Waals surface area (Å²) in [6, 6.07) is 9.63. The van der Waals surface area contributed by atoms with Gasteiger partial charge in [0.05, 0.1) is 6.26 Å². The summed E-state index contributed by atoms with van der Waals surface area (Å²) in [6.45, 7) is 4.06. The zero-order chi connectivity index (χ0) is 13.0. The molecule has 0 atom stereocenters. The zero-order valence-electron chi connectivity index (χ0n) is 10.9. The summed E-state index contributed by atoms with van der Waals surface area (Å²) in [7, 11) is 0. The van der Waals surface area contributed by atoms with Gasteiger partial charge in [0.15, 0.2) is 5.76 Å². The third-order valence-corrected chi connectivity index (χ3v) is 3.10. The summed E-state index contributed by atoms with van der Waals surface area (Å²) in [5, 5.41) is 0. The molecule has 0 spiro atoms. The largest absolute Gasteiger partial charge is 0.461 e. The number of hydrogen-bond acceptors (Lipinski definition) is 2. The van der Waals surface area contributed by atoms with Crippen molar-refractivity contribution in [2.75, 3.05) is 0 Å². The molecule has 0 bridgehead atoms. The van der Waals surface area contributed by atoms with Gasteiger partial charge in [-0.1, -0.05) is 37.6 Å². The molecule has 0 radical (unpaired) electrons. The van der Waals surface area contributed by atoms with Crippen LogP contribution in [0.25, 0.3) is 0 Å². The summed E-state index contributed by atoms with van der Waals surface area (Å²) in [6.07, 6.45) is 5.00. The van der Waals surface area contributed by atoms with Crippen molar-refractivity contribution in [3.63, 3.8) is 0 Å². The number of benzene rings is 1. The monoisotopic (exact) mass is 242 g/mol. The standard InChI is InChI=1S/C16H18O2/c1-3-4-5-13-6-8-14(9-7-13)15(17)16-12(2)10-11-18-16/h6-11H,3-5H2,1-2H3. The van der Waals surface area contributed by atoms with E-state index in [1.165, 1.54) is 18.4 Å². The molecule has 0 aliphatic carbocycles. The first-order valence-electron chi connectivity index (χ1n) is 6.40. The highest BCUT2D eigenvalue weighted by atomic mass is 16.3. The highest BCUT2D eigenvalue weighted by Gasteiger charge is 2.14. The third-order valence-electron chi connectivity index (χ3n) is 3.10. The van der Waals surface area contributed by atoms with Gasteiger partial charge < -0.3 is 4.42 Å². The van der Waals surface area contributed by atoms with Crippen LogP contribution in [0.3, 0.4) is 0 Å². The molecule has 0 unspecified atom stereocenters. The lowest BCUT2D eigenvalue weighted by molar-refractivity contribution is 0.101. The Kier molecular flexibility index (Phi) is 3.98. The number of ketones is 1. The Morgan fingerprint density at radius 3 is 2.44 bits per heavy atom. The van der Waals surface area contributed by atoms with Gasteiger partial charge in [0.2, 0.25) is 5.78 Å². The molecule has 18 heavy (non-hydrogen) atoms. The van der Waals surface area contributed by atoms with Crippen LogP contribution in [0.4, 0.5) is 0 Å². The normalized spacial score (nSPS) is 10.6. The van der Waals surface area contributed by atoms with Gasteiger partial charge in [-0.25, -0.2) is 0 Å². The van der Waals surface area contributed by atoms with E-state index in [1.54, 1.807) is 6.26 Å². The van der Waals surface area contributed by atoms with Gasteiger partial charge >= 0.3 is 0 Å². The number of rotatable bonds is 5. The van der Waals surface area contributed by atoms with Crippen molar-refractivity contribution >= 4 is 5.78 Å². The minimum atomic E-state index is -0.0421. The van der Waals surface area contributed by atoms with Crippen LogP contribution in [0, 0.1) is 6.92 Å². The number of unbranched alkanes of at least 4 members (excludes halogenated alkanes) is 1. The Morgan fingerprint density at radius 2 is 1.89 bits per heavy atom. The molecule has 2 nitrogen and oxygen atoms in total. The lowest BCUT2D eigenvalue weighted by Gasteiger charge is -2.02. The molecule has 0 aliphatic rings. The first kappa shape index (κ1) is 12.6. The van der Waals surface area contributed by atoms with Crippen molar-refractivity contribution in [3.8, 4) is 0 Å². The predicted octanol–water partition coefficient (Wildman–Crippen LogP) is 4.16. The Labute approximate surface area is 108 Å². The van der Waals surface area contributed by atoms with Gasteiger partial charge in [-0.2, -0.15) is 0 Å². The van der Waals surface area contributed by atoms with E-state index in [-0.39, 0.29) is 5.78 Å². The van der Waals surface area contributed by atoms with Gasteiger partial charge in [-0.05, 0) is 37.0 Å². The average molecular weight is 242 g/mol. The summed E-state index contributed by atoms with van der Waals surface area (Å²) in [4.78, 5) is 12.2. The molecule has 0 N–H and O–H groups in total. The lowest BCUT2D eigenvalue weighted by atomic mass is 10.0. The van der Waals surface area contributed by atoms with Crippen LogP contribution >= 0.6 is 0 Å². The van der Waals surface area contributed by atoms with E-state index < -0.39 is 0 Å². The zero-order valence-corrected chi connectivity index (χ0v) is 10.9. The molecule has 1 aromatic heterocycles. The molecule has 0 aliphatic heterocycles. The minimum Gasteiger partial charge on any atom is -0.461 e. The molecule has 94 valence electrons. The van der Waals surface area contributed by atoms with Crippen molar-refractivity contribution < 1.29 is 9.21 Å². The van der Waals surface area contributed by atoms with Crippen molar-refractivity contribution in [1.29, 1.82) is 0 Å². The van der Waals surface area contributed by atoms with Gasteiger partial charge in [0.25, 0.3) is 0 Å². The smallest absolute Gasteiger partial charge is 0.228 e. The maximum absolute atomic E-state index is 12.2. The SMILES string of the molecule is CCCCc1ccc(C(=O)c2occc2C)cc1. The fourth-order valence-corrected chi connectivity index (χ4v) is 1.94. The molecule has 0 fully saturated rings. The quantitative estimate of drug-likeness (QED) is 0.737. The van der Waals surface area contributed by atoms with Crippen molar-refractivity contribution in [1.82, 2.24) is 0 Å². The van der Waals surface area contributed by atoms with Crippen molar-refractivity contribution in [2.24, 2.45) is 0 Å². The molecule has 2 heteroatoms. The Hall–Kier alpha value is -1.83. The number of carbonyl (C=O) groups is 1. The highest BCUT2D eigenvalue weighted by molar-refractivity contribution is 6.07. The Bertz CT molecular complexity index is 520. The summed E-state index contributed by atoms with van der Waals surface area (Å²) in [5.74, 6) is 0.399. The lowest BCUT2D eigenvalue weighted by Crippen LogP contribution is -2.01. The van der Waals surface area contributed by atoms with E-state index >= 15 is 0 Å². The van der Waals surface area contributed by atoms with E-state index in [9.17, 15) is 4.79 Å². The molecule has 0 amide bonds. The van der Waals surface area contributed by atoms with E-state index in [4.69, 9.17) is 4.42 Å². The van der Waals surface area contributed by atoms with Crippen LogP contribution in [-0.4, -0.2) is 5.78 Å². The maximum Gasteiger partial charge on any atom is 0.228 e. The van der Waals surface area contributed by atoms with Crippen LogP contribution in [0.1, 0.15) is 47.0 Å². The van der Waals surface area contributed by atoms with Gasteiger partial charge in [0, 0.05) is 5.56 Å². The molecule has 1 heterocycles. The minimum absolute atomic E-state index is 0.0421. The first-order valence-corrected chi connectivity index (χ1v) is 6.40. The van der Waals surface area contributed by atoms with E-state index in [2.05, 4.69) is 6.92 Å². The van der Waals surface area contributed by atoms with E-state index in [0.29, 0.717) is 11.3 Å². The molecule has 2 rings (SSSR count). The Balaban J connectivity index is 2.15. The second-order valence-corrected chi connectivity index (χ2v) is 4.56. The Morgan fingerprint density at radius 1 is 1.17 bits per heavy atom. The summed E-state index contributed by atoms with van der Waals surface area (Å²) in [5.41, 5.74) is 2.85. The average Bonchev–Trinajstić information content (AvgIpc) is 2.82. The topological polar surface area (TPSA) is 30.2 Å². The predicted molar refractivity (Wildman–Crippen MR) is 71.9 cm³/mol. The fraction of sp³-hybridized carbons (Fsp3) is 0.312. The summed E-state index contributed by atoms with van der Waals surface area (Å²) >= 11 is 0. The van der Waals surface area contributed by atoms with Crippen LogP contribution in [0.2, 0.25) is 0 Å². The second kappa shape index (κ2) is 5.67. The van der Waals surface area contributed by atoms with Crippen LogP contribution in [0.5, 0.6) is 0 Å². The highest BCUT2D eigenvalue weighted by Crippen LogP contribution is 2.16. The van der Waals surface area contributed by atoms with Crippen LogP contribution in [0.15, 0.2) is 41.0 Å². The summed E-state index contributed by atoms with van der Waals surface area (Å²) < 4.78 is 5.23. The fourth-order valence-electron chi connectivity index (χ4n) is 1.94. The van der Waals surface area contributed by atoms with Gasteiger partial charge in [0.1, 0.15) is 0 Å². The van der Waals surface area contributed by atoms with Crippen LogP contribution < -0.4 is 0 Å². The molecular weight excluding hydrogens is 224 g/mol. The molecule has 0 saturated carbocycles. The van der Waals surface area contributed by atoms with Crippen molar-refractivity contribution in [3.05, 3.63) is 59.0 Å². The molecule has 0 saturated heterocycles. The molecular formula is C16H18O2. The second-order valence-electron chi connectivity index (χ2n) is 4.56. The first-order chi connectivity index (χ1) is 8.72. The van der Waals surface area contributed by atoms with E-state index in [0.717, 1.165) is 12.0 Å². The van der Waals surface area contributed by atoms with Crippen LogP contribution in [-0.2, 0) is 6.42 Å². The van der Waals surface area contributed by atoms with Gasteiger partial charge in [-0.15, -0.1) is 0 Å².